The van der Waals surface area contributed by atoms with Gasteiger partial charge in [-0.1, -0.05) is 0 Å². The lowest BCUT2D eigenvalue weighted by atomic mass is 9.88. The van der Waals surface area contributed by atoms with Gasteiger partial charge in [0.15, 0.2) is 5.70 Å². The Labute approximate surface area is 141 Å². The van der Waals surface area contributed by atoms with Crippen molar-refractivity contribution >= 4 is 49.0 Å². The number of hydrogen-bond donors (Lipinski definition) is 0. The highest BCUT2D eigenvalue weighted by atomic mass is 79.9. The molecule has 0 amide bonds. The third-order valence-corrected chi connectivity index (χ3v) is 5.12. The van der Waals surface area contributed by atoms with Gasteiger partial charge in [0, 0.05) is 47.0 Å². The quantitative estimate of drug-likeness (QED) is 0.638. The molecule has 0 unspecified atom stereocenters. The summed E-state index contributed by atoms with van der Waals surface area (Å²) in [5, 5.41) is 0. The Hall–Kier alpha value is -1.48. The first-order chi connectivity index (χ1) is 10.4. The van der Waals surface area contributed by atoms with Crippen molar-refractivity contribution in [2.75, 3.05) is 0 Å². The minimum Gasteiger partial charge on any atom is -0.389 e. The summed E-state index contributed by atoms with van der Waals surface area (Å²) in [5.74, 6) is 0. The van der Waals surface area contributed by atoms with Crippen molar-refractivity contribution in [1.29, 1.82) is 0 Å². The Kier molecular flexibility index (Phi) is 2.90. The Balaban J connectivity index is 2.12. The van der Waals surface area contributed by atoms with Crippen LogP contribution in [0.4, 0.5) is 8.63 Å². The van der Waals surface area contributed by atoms with Crippen molar-refractivity contribution in [3.8, 4) is 0 Å². The van der Waals surface area contributed by atoms with E-state index < -0.39 is 6.97 Å². The number of rotatable bonds is 1. The van der Waals surface area contributed by atoms with Crippen molar-refractivity contribution < 1.29 is 13.1 Å². The molecule has 0 N–H and O–H groups in total. The maximum atomic E-state index is 15.0. The fraction of sp³-hybridized carbons (Fsp3) is 0.0769. The van der Waals surface area contributed by atoms with Gasteiger partial charge in [0.2, 0.25) is 4.62 Å². The Morgan fingerprint density at radius 2 is 2.00 bits per heavy atom. The van der Waals surface area contributed by atoms with E-state index in [-0.39, 0.29) is 0 Å². The number of imidazole rings is 1. The van der Waals surface area contributed by atoms with Gasteiger partial charge in [-0.25, -0.2) is 4.98 Å². The lowest BCUT2D eigenvalue weighted by Crippen LogP contribution is -2.50. The molecular formula is C13H9BBr2F2N4. The second-order valence-electron chi connectivity index (χ2n) is 5.21. The molecular weight excluding hydrogens is 421 g/mol. The van der Waals surface area contributed by atoms with Crippen LogP contribution >= 0.6 is 31.9 Å². The normalized spacial score (nSPS) is 19.0. The largest absolute Gasteiger partial charge is 0.738 e. The molecule has 2 aromatic rings. The van der Waals surface area contributed by atoms with Gasteiger partial charge >= 0.3 is 6.97 Å². The second kappa shape index (κ2) is 4.51. The molecule has 22 heavy (non-hydrogen) atoms. The first-order valence-corrected chi connectivity index (χ1v) is 8.12. The van der Waals surface area contributed by atoms with Gasteiger partial charge < -0.3 is 22.2 Å². The van der Waals surface area contributed by atoms with Crippen molar-refractivity contribution in [1.82, 2.24) is 14.0 Å². The maximum Gasteiger partial charge on any atom is 0.738 e. The average Bonchev–Trinajstić information content (AvgIpc) is 3.12. The minimum absolute atomic E-state index is 0.340. The zero-order valence-corrected chi connectivity index (χ0v) is 14.5. The van der Waals surface area contributed by atoms with E-state index in [4.69, 9.17) is 0 Å². The third kappa shape index (κ3) is 1.72. The van der Waals surface area contributed by atoms with E-state index in [9.17, 15) is 8.63 Å². The van der Waals surface area contributed by atoms with Crippen LogP contribution in [-0.2, 0) is 7.05 Å². The summed E-state index contributed by atoms with van der Waals surface area (Å²) in [7, 11) is 1.85. The van der Waals surface area contributed by atoms with Gasteiger partial charge in [-0.2, -0.15) is 0 Å². The molecule has 2 aliphatic heterocycles. The highest BCUT2D eigenvalue weighted by Crippen LogP contribution is 2.41. The van der Waals surface area contributed by atoms with E-state index in [2.05, 4.69) is 36.8 Å². The Bertz CT molecular complexity index is 907. The zero-order valence-electron chi connectivity index (χ0n) is 11.3. The molecule has 9 heteroatoms. The predicted molar refractivity (Wildman–Crippen MR) is 88.1 cm³/mol. The zero-order chi connectivity index (χ0) is 15.6. The van der Waals surface area contributed by atoms with Crippen LogP contribution in [0.1, 0.15) is 11.4 Å². The lowest BCUT2D eigenvalue weighted by Gasteiger charge is -2.31. The fourth-order valence-corrected chi connectivity index (χ4v) is 4.08. The lowest BCUT2D eigenvalue weighted by molar-refractivity contribution is -0.358. The summed E-state index contributed by atoms with van der Waals surface area (Å²) in [6, 6.07) is 3.32. The molecule has 0 saturated carbocycles. The summed E-state index contributed by atoms with van der Waals surface area (Å²) >= 11 is 6.46. The monoisotopic (exact) mass is 428 g/mol. The summed E-state index contributed by atoms with van der Waals surface area (Å²) in [6.45, 7) is -3.97. The van der Waals surface area contributed by atoms with Crippen LogP contribution in [0.5, 0.6) is 0 Å². The standard InChI is InChI=1S/C13H9BBr2F2N4/c1-20-6-8(19-7-20)13-9-2-4-11(15)21(9)14(17,18)22-10(13)3-5-12(22)16/h2-7H,1H3. The fourth-order valence-electron chi connectivity index (χ4n) is 2.94. The molecule has 0 atom stereocenters. The van der Waals surface area contributed by atoms with Crippen LogP contribution in [0.15, 0.2) is 47.1 Å². The van der Waals surface area contributed by atoms with Gasteiger partial charge in [0.25, 0.3) is 0 Å². The van der Waals surface area contributed by atoms with Crippen molar-refractivity contribution in [3.63, 3.8) is 0 Å². The van der Waals surface area contributed by atoms with Crippen molar-refractivity contribution in [2.45, 2.75) is 0 Å². The molecule has 0 saturated heterocycles. The molecule has 0 fully saturated rings. The first kappa shape index (κ1) is 14.1. The molecule has 4 heterocycles. The smallest absolute Gasteiger partial charge is 0.389 e. The van der Waals surface area contributed by atoms with Gasteiger partial charge in [-0.15, -0.1) is 0 Å². The van der Waals surface area contributed by atoms with Crippen LogP contribution in [-0.4, -0.2) is 30.1 Å². The van der Waals surface area contributed by atoms with Crippen LogP contribution in [0.25, 0.3) is 5.57 Å². The van der Waals surface area contributed by atoms with Gasteiger partial charge in [-0.05, 0) is 28.1 Å². The molecule has 2 aliphatic rings. The molecule has 112 valence electrons. The molecule has 0 radical (unpaired) electrons. The van der Waals surface area contributed by atoms with Gasteiger partial charge in [-0.3, -0.25) is 0 Å². The van der Waals surface area contributed by atoms with Crippen molar-refractivity contribution in [3.05, 3.63) is 58.5 Å². The molecule has 0 spiro atoms. The maximum absolute atomic E-state index is 15.0. The second-order valence-corrected chi connectivity index (χ2v) is 6.84. The molecule has 0 aliphatic carbocycles. The number of hydrogen-bond acceptors (Lipinski definition) is 1. The summed E-state index contributed by atoms with van der Waals surface area (Å²) < 4.78 is 34.5. The first-order valence-electron chi connectivity index (χ1n) is 6.53. The topological polar surface area (TPSA) is 25.8 Å². The predicted octanol–water partition coefficient (Wildman–Crippen LogP) is 3.36. The number of aromatic nitrogens is 3. The third-order valence-electron chi connectivity index (χ3n) is 3.83. The molecule has 0 bridgehead atoms. The van der Waals surface area contributed by atoms with E-state index in [1.165, 1.54) is 0 Å². The highest BCUT2D eigenvalue weighted by molar-refractivity contribution is 9.18. The molecule has 4 nitrogen and oxygen atoms in total. The SMILES string of the molecule is Cn1cnc(C2=C3C=CC(Br)=[N+]3[B-](F)(F)n3c(Br)ccc32)c1. The summed E-state index contributed by atoms with van der Waals surface area (Å²) in [6.07, 6.45) is 6.80. The van der Waals surface area contributed by atoms with Gasteiger partial charge in [0.1, 0.15) is 0 Å². The van der Waals surface area contributed by atoms with Crippen LogP contribution in [0.3, 0.4) is 0 Å². The van der Waals surface area contributed by atoms with Crippen LogP contribution in [0.2, 0.25) is 0 Å². The van der Waals surface area contributed by atoms with E-state index in [0.29, 0.717) is 31.9 Å². The Morgan fingerprint density at radius 3 is 2.68 bits per heavy atom. The number of nitrogens with zero attached hydrogens (tertiary/aromatic N) is 4. The molecule has 0 aromatic carbocycles. The minimum atomic E-state index is -3.97. The van der Waals surface area contributed by atoms with Crippen LogP contribution < -0.4 is 0 Å². The van der Waals surface area contributed by atoms with Gasteiger partial charge in [0.05, 0.1) is 22.2 Å². The number of allylic oxidation sites excluding steroid dienone is 2. The highest BCUT2D eigenvalue weighted by Gasteiger charge is 2.54. The van der Waals surface area contributed by atoms with E-state index in [1.54, 1.807) is 35.2 Å². The Morgan fingerprint density at radius 1 is 1.23 bits per heavy atom. The number of aryl methyl sites for hydroxylation is 1. The van der Waals surface area contributed by atoms with E-state index in [1.807, 2.05) is 13.2 Å². The average molecular weight is 430 g/mol. The molecule has 4 rings (SSSR count). The van der Waals surface area contributed by atoms with E-state index >= 15 is 0 Å². The number of fused-ring (bicyclic) bond motifs is 2. The van der Waals surface area contributed by atoms with Crippen molar-refractivity contribution in [2.24, 2.45) is 7.05 Å². The van der Waals surface area contributed by atoms with E-state index in [0.717, 1.165) is 8.96 Å². The number of halogens is 4. The summed E-state index contributed by atoms with van der Waals surface area (Å²) in [4.78, 5) is 4.33. The van der Waals surface area contributed by atoms with Crippen LogP contribution in [0, 0.1) is 0 Å². The molecule has 2 aromatic heterocycles. The summed E-state index contributed by atoms with van der Waals surface area (Å²) in [5.41, 5.74) is 2.25.